The van der Waals surface area contributed by atoms with Crippen LogP contribution in [0.25, 0.3) is 0 Å². The van der Waals surface area contributed by atoms with Crippen molar-refractivity contribution in [1.29, 1.82) is 0 Å². The lowest BCUT2D eigenvalue weighted by atomic mass is 9.96. The summed E-state index contributed by atoms with van der Waals surface area (Å²) >= 11 is 0. The van der Waals surface area contributed by atoms with Crippen molar-refractivity contribution in [2.75, 3.05) is 6.54 Å². The van der Waals surface area contributed by atoms with Gasteiger partial charge in [-0.1, -0.05) is 76.6 Å². The number of carbonyl (C=O) groups excluding carboxylic acids is 12. The first-order valence-corrected chi connectivity index (χ1v) is 35.1. The van der Waals surface area contributed by atoms with Crippen LogP contribution in [0.3, 0.4) is 0 Å². The maximum atomic E-state index is 14.8. The Morgan fingerprint density at radius 1 is 0.486 bits per heavy atom. The van der Waals surface area contributed by atoms with Crippen LogP contribution in [0.1, 0.15) is 142 Å². The third kappa shape index (κ3) is 33.1. The number of nitrogens with two attached hydrogens (primary N) is 1. The van der Waals surface area contributed by atoms with Gasteiger partial charge in [-0.25, -0.2) is 4.79 Å². The van der Waals surface area contributed by atoms with Crippen molar-refractivity contribution in [1.82, 2.24) is 58.1 Å². The van der Waals surface area contributed by atoms with E-state index in [4.69, 9.17) is 5.73 Å². The van der Waals surface area contributed by atoms with Gasteiger partial charge in [0.25, 0.3) is 0 Å². The summed E-state index contributed by atoms with van der Waals surface area (Å²) in [7, 11) is -5.04. The number of hydrogen-bond acceptors (Lipinski definition) is 21. The van der Waals surface area contributed by atoms with Crippen molar-refractivity contribution in [3.05, 3.63) is 65.7 Å². The predicted octanol–water partition coefficient (Wildman–Crippen LogP) is -3.11. The van der Waals surface area contributed by atoms with Gasteiger partial charge < -0.3 is 98.6 Å². The second kappa shape index (κ2) is 43.8. The zero-order valence-corrected chi connectivity index (χ0v) is 59.9. The molecule has 1 aliphatic heterocycles. The molecule has 1 heterocycles. The van der Waals surface area contributed by atoms with E-state index in [2.05, 4.69) is 57.4 Å². The van der Waals surface area contributed by atoms with Gasteiger partial charge in [-0.05, 0) is 86.5 Å². The maximum Gasteiger partial charge on any atom is 0.446 e. The van der Waals surface area contributed by atoms with Gasteiger partial charge in [0.05, 0.1) is 6.42 Å². The molecule has 107 heavy (non-hydrogen) atoms. The Labute approximate surface area is 612 Å². The monoisotopic (exact) mass is 1530 g/mol. The Morgan fingerprint density at radius 3 is 1.27 bits per heavy atom. The fourth-order valence-electron chi connectivity index (χ4n) is 10.9. The van der Waals surface area contributed by atoms with Gasteiger partial charge in [-0.3, -0.25) is 86.1 Å². The van der Waals surface area contributed by atoms with Crippen molar-refractivity contribution in [3.8, 4) is 5.75 Å². The lowest BCUT2D eigenvalue weighted by Crippen LogP contribution is -2.61. The molecule has 12 amide bonds. The molecule has 0 bridgehead atoms. The molecule has 12 atom stereocenters. The number of carbonyl (C=O) groups is 18. The van der Waals surface area contributed by atoms with Gasteiger partial charge in [0.15, 0.2) is 0 Å². The smallest absolute Gasteiger partial charge is 0.446 e. The first-order valence-electron chi connectivity index (χ1n) is 33.8. The molecule has 1 saturated heterocycles. The number of primary amides is 1. The maximum absolute atomic E-state index is 14.8. The van der Waals surface area contributed by atoms with E-state index >= 15 is 0 Å². The molecule has 40 nitrogen and oxygen atoms in total. The first-order chi connectivity index (χ1) is 50.1. The molecule has 0 spiro atoms. The molecule has 2 aromatic rings. The molecule has 41 heteroatoms. The predicted molar refractivity (Wildman–Crippen MR) is 367 cm³/mol. The number of amides is 12. The zero-order chi connectivity index (χ0) is 80.6. The van der Waals surface area contributed by atoms with E-state index in [0.29, 0.717) is 5.56 Å². The second-order valence-corrected chi connectivity index (χ2v) is 26.7. The Kier molecular flexibility index (Phi) is 36.8. The first kappa shape index (κ1) is 89.8. The van der Waals surface area contributed by atoms with Crippen molar-refractivity contribution in [3.63, 3.8) is 0 Å². The highest BCUT2D eigenvalue weighted by Gasteiger charge is 2.43. The number of benzene rings is 2. The van der Waals surface area contributed by atoms with E-state index in [-0.39, 0.29) is 44.2 Å². The Bertz CT molecular complexity index is 3660. The highest BCUT2D eigenvalue weighted by molar-refractivity contribution is 7.81. The van der Waals surface area contributed by atoms with Gasteiger partial charge in [-0.2, -0.15) is 8.42 Å². The van der Waals surface area contributed by atoms with E-state index in [9.17, 15) is 130 Å². The molecule has 0 aliphatic carbocycles. The van der Waals surface area contributed by atoms with Gasteiger partial charge in [0.2, 0.25) is 70.9 Å². The molecule has 3 rings (SSSR count). The van der Waals surface area contributed by atoms with Crippen molar-refractivity contribution in [2.45, 2.75) is 210 Å². The standard InChI is InChI=1S/C66H92N12O28S/c1-6-34(4)55(77-59(94)42(22-27-53(87)88)70-56(91)39(19-24-50(81)82)71-61(96)45(30-36-11-8-7-9-12-36)76-63(98)47(32-54(89)90)68-35(5)79)65(100)78-28-10-13-48(78)64(99)72-41(21-26-52(85)86)57(92)69-40(20-25-51(83)84)58(93)75-46(31-37-14-16-38(17-15-37)106-107(103,104)105)62(97)74-44(29-33(2)3)60(95)73-43(66(101)102)18-23-49(67)80/h7-9,11-12,14-17,33-34,39-48,55H,6,10,13,18-32H2,1-5H3,(H2,67,80)(H,68,79)(H,69,92)(H,70,91)(H,71,96)(H,72,99)(H,73,95)(H,74,97)(H,75,93)(H,76,98)(H,77,94)(H,81,82)(H,83,84)(H,85,86)(H,87,88)(H,89,90)(H,101,102)(H,103,104,105)/t34-,39-,40-,41-,42-,43-,44-,45-,46-,47-,48-,55-/m0/s1. The molecule has 1 aliphatic rings. The Morgan fingerprint density at radius 2 is 0.869 bits per heavy atom. The summed E-state index contributed by atoms with van der Waals surface area (Å²) < 4.78 is 36.5. The molecule has 590 valence electrons. The molecular weight excluding hydrogens is 1440 g/mol. The molecule has 0 aromatic heterocycles. The summed E-state index contributed by atoms with van der Waals surface area (Å²) in [4.78, 5) is 239. The number of carboxylic acids is 6. The zero-order valence-electron chi connectivity index (χ0n) is 59.1. The number of nitrogens with zero attached hydrogens (tertiary/aromatic N) is 1. The highest BCUT2D eigenvalue weighted by atomic mass is 32.3. The number of aliphatic carboxylic acids is 6. The fraction of sp³-hybridized carbons (Fsp3) is 0.545. The Hall–Kier alpha value is -11.4. The average Bonchev–Trinajstić information content (AvgIpc) is 1.75. The number of hydrogen-bond donors (Lipinski definition) is 18. The SMILES string of the molecule is CC[C@H](C)[C@H](NC(=O)[C@H](CCC(=O)O)NC(=O)[C@H](CCC(=O)O)NC(=O)[C@H](Cc1ccccc1)NC(=O)[C@H](CC(=O)O)NC(C)=O)C(=O)N1CCC[C@H]1C(=O)N[C@@H](CCC(=O)O)C(=O)N[C@@H](CCC(=O)O)C(=O)N[C@@H](Cc1ccc(OS(=O)(=O)O)cc1)C(=O)N[C@@H](CC(C)C)C(=O)N[C@@H](CCC(N)=O)C(=O)O. The summed E-state index contributed by atoms with van der Waals surface area (Å²) in [5.74, 6) is -24.1. The van der Waals surface area contributed by atoms with Gasteiger partial charge >= 0.3 is 46.2 Å². The third-order valence-electron chi connectivity index (χ3n) is 16.6. The molecule has 0 saturated carbocycles. The van der Waals surface area contributed by atoms with Crippen molar-refractivity contribution < 1.29 is 134 Å². The van der Waals surface area contributed by atoms with Crippen molar-refractivity contribution in [2.24, 2.45) is 17.6 Å². The minimum Gasteiger partial charge on any atom is -0.481 e. The average molecular weight is 1530 g/mol. The largest absolute Gasteiger partial charge is 0.481 e. The number of carboxylic acid groups (broad SMARTS) is 6. The summed E-state index contributed by atoms with van der Waals surface area (Å²) in [6.45, 7) is 7.15. The normalized spacial score (nSPS) is 15.7. The summed E-state index contributed by atoms with van der Waals surface area (Å²) in [5.41, 5.74) is 5.71. The molecule has 0 radical (unpaired) electrons. The van der Waals surface area contributed by atoms with Crippen LogP contribution in [0.5, 0.6) is 5.75 Å². The minimum absolute atomic E-state index is 0.0865. The van der Waals surface area contributed by atoms with Crippen LogP contribution in [0.4, 0.5) is 0 Å². The van der Waals surface area contributed by atoms with Crippen molar-refractivity contribution >= 4 is 117 Å². The molecule has 2 aromatic carbocycles. The number of rotatable bonds is 48. The van der Waals surface area contributed by atoms with Crippen LogP contribution in [-0.2, 0) is 110 Å². The van der Waals surface area contributed by atoms with E-state index < -0.39 is 278 Å². The topological polar surface area (TPSA) is 642 Å². The van der Waals surface area contributed by atoms with Crippen LogP contribution in [0.15, 0.2) is 54.6 Å². The quantitative estimate of drug-likeness (QED) is 0.0292. The molecule has 1 fully saturated rings. The minimum atomic E-state index is -5.04. The van der Waals surface area contributed by atoms with Crippen LogP contribution >= 0.6 is 0 Å². The number of nitrogens with one attached hydrogen (secondary N) is 10. The second-order valence-electron chi connectivity index (χ2n) is 25.7. The lowest BCUT2D eigenvalue weighted by molar-refractivity contribution is -0.144. The third-order valence-corrected chi connectivity index (χ3v) is 17.0. The Balaban J connectivity index is 2.02. The molecular formula is C66H92N12O28S. The van der Waals surface area contributed by atoms with Crippen LogP contribution < -0.4 is 63.1 Å². The number of likely N-dealkylation sites (tertiary alicyclic amines) is 1. The summed E-state index contributed by atoms with van der Waals surface area (Å²) in [6, 6.07) is -6.91. The summed E-state index contributed by atoms with van der Waals surface area (Å²) in [5, 5.41) is 81.6. The van der Waals surface area contributed by atoms with Crippen LogP contribution in [-0.4, -0.2) is 228 Å². The molecule has 0 unspecified atom stereocenters. The highest BCUT2D eigenvalue weighted by Crippen LogP contribution is 2.24. The van der Waals surface area contributed by atoms with Gasteiger partial charge in [0.1, 0.15) is 72.2 Å². The lowest BCUT2D eigenvalue weighted by Gasteiger charge is -2.33. The van der Waals surface area contributed by atoms with Crippen LogP contribution in [0, 0.1) is 11.8 Å². The van der Waals surface area contributed by atoms with E-state index in [1.165, 1.54) is 19.1 Å². The van der Waals surface area contributed by atoms with Gasteiger partial charge in [0, 0.05) is 58.4 Å². The summed E-state index contributed by atoms with van der Waals surface area (Å²) in [6.07, 6.45) is -9.10. The van der Waals surface area contributed by atoms with Crippen LogP contribution in [0.2, 0.25) is 0 Å². The van der Waals surface area contributed by atoms with E-state index in [1.54, 1.807) is 51.1 Å². The van der Waals surface area contributed by atoms with Gasteiger partial charge in [-0.15, -0.1) is 0 Å². The van der Waals surface area contributed by atoms with E-state index in [1.807, 2.05) is 0 Å². The fourth-order valence-corrected chi connectivity index (χ4v) is 11.3. The molecule has 19 N–H and O–H groups in total. The van der Waals surface area contributed by atoms with E-state index in [0.717, 1.165) is 24.0 Å².